The zero-order chi connectivity index (χ0) is 15.5. The summed E-state index contributed by atoms with van der Waals surface area (Å²) < 4.78 is 0. The molecule has 0 unspecified atom stereocenters. The Bertz CT molecular complexity index is 477. The summed E-state index contributed by atoms with van der Waals surface area (Å²) in [5.74, 6) is 5.46. The van der Waals surface area contributed by atoms with E-state index in [1.807, 2.05) is 48.5 Å². The average Bonchev–Trinajstić information content (AvgIpc) is 2.55. The van der Waals surface area contributed by atoms with Crippen molar-refractivity contribution in [2.75, 3.05) is 13.7 Å². The standard InChI is InChI=1S/C15H19N3O.CH4O/c16-18(19)17(13-15-9-5-2-6-10-15)12-11-14-7-3-1-4-8-14;1-2/h1-10,19H,11-13,16H2;2H,1H3. The minimum atomic E-state index is 0.584. The van der Waals surface area contributed by atoms with Gasteiger partial charge >= 0.3 is 0 Å². The Balaban J connectivity index is 0.00000106. The first-order valence-corrected chi connectivity index (χ1v) is 6.77. The van der Waals surface area contributed by atoms with Crippen molar-refractivity contribution in [3.8, 4) is 0 Å². The van der Waals surface area contributed by atoms with Crippen LogP contribution in [0.4, 0.5) is 0 Å². The number of benzene rings is 2. The van der Waals surface area contributed by atoms with Gasteiger partial charge in [-0.15, -0.1) is 0 Å². The van der Waals surface area contributed by atoms with E-state index in [9.17, 15) is 5.21 Å². The number of nitrogens with zero attached hydrogens (tertiary/aromatic N) is 2. The van der Waals surface area contributed by atoms with Crippen LogP contribution in [0.15, 0.2) is 60.7 Å². The first-order chi connectivity index (χ1) is 10.3. The third kappa shape index (κ3) is 6.48. The molecule has 0 fully saturated rings. The van der Waals surface area contributed by atoms with Crippen LogP contribution >= 0.6 is 0 Å². The molecule has 0 radical (unpaired) electrons. The van der Waals surface area contributed by atoms with Crippen molar-refractivity contribution in [1.29, 1.82) is 0 Å². The van der Waals surface area contributed by atoms with Gasteiger partial charge in [-0.05, 0) is 17.5 Å². The van der Waals surface area contributed by atoms with E-state index in [2.05, 4.69) is 12.1 Å². The molecular weight excluding hydrogens is 266 g/mol. The van der Waals surface area contributed by atoms with Crippen LogP contribution in [-0.4, -0.2) is 34.3 Å². The Morgan fingerprint density at radius 1 is 0.857 bits per heavy atom. The van der Waals surface area contributed by atoms with Gasteiger partial charge in [0, 0.05) is 20.2 Å². The van der Waals surface area contributed by atoms with Crippen molar-refractivity contribution in [2.45, 2.75) is 13.0 Å². The predicted molar refractivity (Wildman–Crippen MR) is 83.0 cm³/mol. The molecule has 2 aromatic rings. The second-order valence-electron chi connectivity index (χ2n) is 4.43. The molecule has 114 valence electrons. The summed E-state index contributed by atoms with van der Waals surface area (Å²) in [7, 11) is 1.00. The quantitative estimate of drug-likeness (QED) is 0.559. The molecule has 0 heterocycles. The minimum Gasteiger partial charge on any atom is -0.400 e. The topological polar surface area (TPSA) is 73.0 Å². The maximum Gasteiger partial charge on any atom is 0.0420 e. The molecule has 4 N–H and O–H groups in total. The molecule has 0 aliphatic rings. The van der Waals surface area contributed by atoms with Crippen LogP contribution in [-0.2, 0) is 13.0 Å². The average molecular weight is 289 g/mol. The molecule has 0 aromatic heterocycles. The van der Waals surface area contributed by atoms with E-state index in [0.717, 1.165) is 19.1 Å². The Hall–Kier alpha value is -1.76. The summed E-state index contributed by atoms with van der Waals surface area (Å²) in [4.78, 5) is 0. The molecule has 0 aliphatic carbocycles. The summed E-state index contributed by atoms with van der Waals surface area (Å²) >= 11 is 0. The molecule has 5 heteroatoms. The maximum atomic E-state index is 9.49. The Morgan fingerprint density at radius 3 is 1.81 bits per heavy atom. The number of rotatable bonds is 6. The molecule has 0 aliphatic heterocycles. The molecule has 2 aromatic carbocycles. The fourth-order valence-corrected chi connectivity index (χ4v) is 1.95. The lowest BCUT2D eigenvalue weighted by atomic mass is 10.1. The number of aliphatic hydroxyl groups excluding tert-OH is 1. The first-order valence-electron chi connectivity index (χ1n) is 6.77. The highest BCUT2D eigenvalue weighted by Gasteiger charge is 2.10. The van der Waals surface area contributed by atoms with Gasteiger partial charge in [0.15, 0.2) is 0 Å². The zero-order valence-electron chi connectivity index (χ0n) is 12.3. The maximum absolute atomic E-state index is 9.49. The van der Waals surface area contributed by atoms with Crippen LogP contribution in [0.5, 0.6) is 0 Å². The summed E-state index contributed by atoms with van der Waals surface area (Å²) in [5.41, 5.74) is 2.34. The number of hydrogen-bond acceptors (Lipinski definition) is 5. The molecule has 0 saturated carbocycles. The molecule has 2 rings (SSSR count). The summed E-state index contributed by atoms with van der Waals surface area (Å²) in [5, 5.41) is 18.9. The third-order valence-electron chi connectivity index (χ3n) is 3.00. The molecule has 0 spiro atoms. The van der Waals surface area contributed by atoms with Gasteiger partial charge in [-0.2, -0.15) is 5.01 Å². The molecule has 0 bridgehead atoms. The van der Waals surface area contributed by atoms with Crippen molar-refractivity contribution in [3.63, 3.8) is 0 Å². The van der Waals surface area contributed by atoms with Gasteiger partial charge < -0.3 is 5.11 Å². The van der Waals surface area contributed by atoms with E-state index < -0.39 is 0 Å². The SMILES string of the molecule is CO.NN(O)N(CCc1ccccc1)Cc1ccccc1. The van der Waals surface area contributed by atoms with Crippen LogP contribution < -0.4 is 5.84 Å². The van der Waals surface area contributed by atoms with E-state index in [1.165, 1.54) is 5.56 Å². The number of nitrogens with two attached hydrogens (primary N) is 1. The number of hydrogen-bond donors (Lipinski definition) is 3. The van der Waals surface area contributed by atoms with Crippen LogP contribution in [0.1, 0.15) is 11.1 Å². The van der Waals surface area contributed by atoms with Gasteiger partial charge in [0.25, 0.3) is 0 Å². The fourth-order valence-electron chi connectivity index (χ4n) is 1.95. The van der Waals surface area contributed by atoms with E-state index in [1.54, 1.807) is 5.01 Å². The second-order valence-corrected chi connectivity index (χ2v) is 4.43. The van der Waals surface area contributed by atoms with Gasteiger partial charge in [-0.1, -0.05) is 65.9 Å². The summed E-state index contributed by atoms with van der Waals surface area (Å²) in [6, 6.07) is 20.1. The van der Waals surface area contributed by atoms with Crippen LogP contribution in [0.2, 0.25) is 0 Å². The van der Waals surface area contributed by atoms with Gasteiger partial charge in [0.1, 0.15) is 0 Å². The highest BCUT2D eigenvalue weighted by atomic mass is 16.6. The van der Waals surface area contributed by atoms with E-state index >= 15 is 0 Å². The predicted octanol–water partition coefficient (Wildman–Crippen LogP) is 1.82. The van der Waals surface area contributed by atoms with Gasteiger partial charge in [0.05, 0.1) is 0 Å². The van der Waals surface area contributed by atoms with Crippen LogP contribution in [0.25, 0.3) is 0 Å². The Labute approximate surface area is 125 Å². The largest absolute Gasteiger partial charge is 0.400 e. The van der Waals surface area contributed by atoms with E-state index in [0.29, 0.717) is 18.4 Å². The minimum absolute atomic E-state index is 0.584. The monoisotopic (exact) mass is 289 g/mol. The molecule has 5 nitrogen and oxygen atoms in total. The highest BCUT2D eigenvalue weighted by Crippen LogP contribution is 2.07. The zero-order valence-corrected chi connectivity index (χ0v) is 12.3. The number of aliphatic hydroxyl groups is 1. The van der Waals surface area contributed by atoms with Crippen LogP contribution in [0, 0.1) is 0 Å². The van der Waals surface area contributed by atoms with Crippen molar-refractivity contribution in [1.82, 2.24) is 10.3 Å². The molecule has 21 heavy (non-hydrogen) atoms. The molecule has 0 saturated heterocycles. The summed E-state index contributed by atoms with van der Waals surface area (Å²) in [6.07, 6.45) is 0.835. The third-order valence-corrected chi connectivity index (χ3v) is 3.00. The first kappa shape index (κ1) is 17.3. The lowest BCUT2D eigenvalue weighted by Crippen LogP contribution is -2.45. The van der Waals surface area contributed by atoms with Crippen molar-refractivity contribution in [3.05, 3.63) is 71.8 Å². The second kappa shape index (κ2) is 10.0. The van der Waals surface area contributed by atoms with E-state index in [4.69, 9.17) is 10.9 Å². The molecule has 0 atom stereocenters. The van der Waals surface area contributed by atoms with Crippen molar-refractivity contribution in [2.24, 2.45) is 5.84 Å². The Morgan fingerprint density at radius 2 is 1.33 bits per heavy atom. The van der Waals surface area contributed by atoms with Gasteiger partial charge in [0.2, 0.25) is 0 Å². The number of hydrazine groups is 2. The van der Waals surface area contributed by atoms with Gasteiger partial charge in [-0.25, -0.2) is 5.84 Å². The summed E-state index contributed by atoms with van der Waals surface area (Å²) in [6.45, 7) is 1.24. The lowest BCUT2D eigenvalue weighted by Gasteiger charge is -2.26. The highest BCUT2D eigenvalue weighted by molar-refractivity contribution is 5.16. The lowest BCUT2D eigenvalue weighted by molar-refractivity contribution is -0.254. The molecular formula is C16H23N3O2. The smallest absolute Gasteiger partial charge is 0.0420 e. The van der Waals surface area contributed by atoms with Gasteiger partial charge in [-0.3, -0.25) is 5.21 Å². The van der Waals surface area contributed by atoms with Crippen LogP contribution in [0.3, 0.4) is 0 Å². The normalized spacial score (nSPS) is 10.4. The fraction of sp³-hybridized carbons (Fsp3) is 0.250. The Kier molecular flexibility index (Phi) is 8.27. The molecule has 0 amide bonds. The van der Waals surface area contributed by atoms with Crippen molar-refractivity contribution < 1.29 is 10.3 Å². The van der Waals surface area contributed by atoms with E-state index in [-0.39, 0.29) is 0 Å². The van der Waals surface area contributed by atoms with Crippen molar-refractivity contribution >= 4 is 0 Å².